The number of alkyl halides is 3. The zero-order chi connectivity index (χ0) is 25.7. The Morgan fingerprint density at radius 1 is 1.06 bits per heavy atom. The molecule has 0 spiro atoms. The Bertz CT molecular complexity index is 1560. The zero-order valence-corrected chi connectivity index (χ0v) is 19.6. The van der Waals surface area contributed by atoms with Crippen LogP contribution >= 0.6 is 0 Å². The van der Waals surface area contributed by atoms with Crippen molar-refractivity contribution in [1.82, 2.24) is 9.55 Å². The van der Waals surface area contributed by atoms with Gasteiger partial charge in [0.25, 0.3) is 5.91 Å². The smallest absolute Gasteiger partial charge is 0.366 e. The zero-order valence-electron chi connectivity index (χ0n) is 18.8. The summed E-state index contributed by atoms with van der Waals surface area (Å²) in [6, 6.07) is 15.9. The highest BCUT2D eigenvalue weighted by molar-refractivity contribution is 7.93. The topological polar surface area (TPSA) is 107 Å². The third-order valence-corrected chi connectivity index (χ3v) is 8.18. The first kappa shape index (κ1) is 23.9. The molecule has 1 fully saturated rings. The van der Waals surface area contributed by atoms with E-state index in [-0.39, 0.29) is 22.3 Å². The number of nitrogens with one attached hydrogen (secondary N) is 1. The molecule has 1 saturated carbocycles. The number of carbonyl (C=O) groups excluding carboxylic acids is 1. The van der Waals surface area contributed by atoms with E-state index < -0.39 is 32.9 Å². The van der Waals surface area contributed by atoms with Crippen LogP contribution in [0.3, 0.4) is 0 Å². The lowest BCUT2D eigenvalue weighted by Gasteiger charge is -2.25. The summed E-state index contributed by atoms with van der Waals surface area (Å²) in [6.45, 7) is 0. The van der Waals surface area contributed by atoms with Gasteiger partial charge in [0.2, 0.25) is 10.0 Å². The summed E-state index contributed by atoms with van der Waals surface area (Å²) in [5, 5.41) is -0.459. The number of rotatable bonds is 6. The summed E-state index contributed by atoms with van der Waals surface area (Å²) in [7, 11) is -3.51. The molecule has 1 aliphatic carbocycles. The minimum Gasteiger partial charge on any atom is -0.366 e. The highest BCUT2D eigenvalue weighted by atomic mass is 32.2. The molecular weight excluding hydrogens is 493 g/mol. The van der Waals surface area contributed by atoms with Gasteiger partial charge in [0.15, 0.2) is 0 Å². The van der Waals surface area contributed by atoms with Crippen LogP contribution in [0.25, 0.3) is 28.0 Å². The summed E-state index contributed by atoms with van der Waals surface area (Å²) in [5.74, 6) is -0.916. The summed E-state index contributed by atoms with van der Waals surface area (Å²) in [4.78, 5) is 16.6. The fourth-order valence-electron chi connectivity index (χ4n) is 4.30. The number of carbonyl (C=O) groups is 1. The number of halogens is 3. The molecule has 7 nitrogen and oxygen atoms in total. The van der Waals surface area contributed by atoms with Crippen LogP contribution in [0.2, 0.25) is 0 Å². The molecule has 1 aliphatic rings. The van der Waals surface area contributed by atoms with Gasteiger partial charge < -0.3 is 5.73 Å². The van der Waals surface area contributed by atoms with Crippen molar-refractivity contribution in [3.05, 3.63) is 78.0 Å². The Hall–Kier alpha value is -3.86. The fraction of sp³-hybridized carbons (Fsp3) is 0.200. The molecule has 0 bridgehead atoms. The second-order valence-corrected chi connectivity index (χ2v) is 10.6. The number of nitrogens with zero attached hydrogens (tertiary/aromatic N) is 2. The molecule has 2 heterocycles. The normalized spacial score (nSPS) is 14.5. The first-order chi connectivity index (χ1) is 17.1. The van der Waals surface area contributed by atoms with Crippen molar-refractivity contribution in [2.45, 2.75) is 30.7 Å². The Morgan fingerprint density at radius 2 is 1.72 bits per heavy atom. The minimum absolute atomic E-state index is 0.0362. The highest BCUT2D eigenvalue weighted by Crippen LogP contribution is 2.39. The fourth-order valence-corrected chi connectivity index (χ4v) is 5.88. The van der Waals surface area contributed by atoms with E-state index in [0.717, 1.165) is 12.5 Å². The van der Waals surface area contributed by atoms with Crippen LogP contribution in [0.4, 0.5) is 18.9 Å². The standard InChI is InChI=1S/C25H21F3N4O3S/c26-25(27,28)16-13-20-21(23(29)33)22(32(24(20)30-14-16)18-5-2-1-3-6-18)15-9-11-17(12-10-15)31-36(34,35)19-7-4-8-19/h1-3,5-6,9-14,19,31H,4,7-8H2,(H2,29,33). The summed E-state index contributed by atoms with van der Waals surface area (Å²) in [5.41, 5.74) is 6.30. The first-order valence-electron chi connectivity index (χ1n) is 11.2. The number of fused-ring (bicyclic) bond motifs is 1. The molecule has 2 aromatic heterocycles. The molecule has 5 rings (SSSR count). The van der Waals surface area contributed by atoms with Gasteiger partial charge in [-0.05, 0) is 48.7 Å². The third kappa shape index (κ3) is 4.19. The molecule has 11 heteroatoms. The van der Waals surface area contributed by atoms with Crippen LogP contribution < -0.4 is 10.5 Å². The molecule has 1 amide bonds. The van der Waals surface area contributed by atoms with Gasteiger partial charge in [0.05, 0.1) is 22.1 Å². The van der Waals surface area contributed by atoms with E-state index in [1.165, 1.54) is 12.1 Å². The number of anilines is 1. The van der Waals surface area contributed by atoms with Gasteiger partial charge >= 0.3 is 6.18 Å². The monoisotopic (exact) mass is 514 g/mol. The predicted molar refractivity (Wildman–Crippen MR) is 130 cm³/mol. The second-order valence-electron chi connectivity index (χ2n) is 8.63. The maximum absolute atomic E-state index is 13.4. The van der Waals surface area contributed by atoms with Crippen LogP contribution in [0.5, 0.6) is 0 Å². The van der Waals surface area contributed by atoms with Gasteiger partial charge in [-0.15, -0.1) is 0 Å². The van der Waals surface area contributed by atoms with Crippen LogP contribution in [0, 0.1) is 0 Å². The van der Waals surface area contributed by atoms with Crippen LogP contribution in [0.1, 0.15) is 35.2 Å². The van der Waals surface area contributed by atoms with Crippen LogP contribution in [-0.4, -0.2) is 29.1 Å². The molecule has 186 valence electrons. The van der Waals surface area contributed by atoms with Crippen molar-refractivity contribution in [1.29, 1.82) is 0 Å². The number of amides is 1. The largest absolute Gasteiger partial charge is 0.417 e. The molecule has 3 N–H and O–H groups in total. The summed E-state index contributed by atoms with van der Waals surface area (Å²) < 4.78 is 69.4. The van der Waals surface area contributed by atoms with Gasteiger partial charge in [-0.2, -0.15) is 13.2 Å². The van der Waals surface area contributed by atoms with E-state index >= 15 is 0 Å². The Balaban J connectivity index is 1.70. The third-order valence-electron chi connectivity index (χ3n) is 6.31. The maximum Gasteiger partial charge on any atom is 0.417 e. The van der Waals surface area contributed by atoms with Crippen molar-refractivity contribution in [2.75, 3.05) is 4.72 Å². The number of nitrogens with two attached hydrogens (primary N) is 1. The molecule has 0 unspecified atom stereocenters. The number of benzene rings is 2. The number of para-hydroxylation sites is 1. The van der Waals surface area contributed by atoms with E-state index in [4.69, 9.17) is 5.73 Å². The molecule has 4 aromatic rings. The predicted octanol–water partition coefficient (Wildman–Crippen LogP) is 5.10. The Kier molecular flexibility index (Phi) is 5.74. The van der Waals surface area contributed by atoms with Gasteiger partial charge in [0, 0.05) is 23.0 Å². The highest BCUT2D eigenvalue weighted by Gasteiger charge is 2.34. The Labute approximate surface area is 204 Å². The minimum atomic E-state index is -4.66. The quantitative estimate of drug-likeness (QED) is 0.373. The second kappa shape index (κ2) is 8.66. The average Bonchev–Trinajstić information content (AvgIpc) is 3.12. The lowest BCUT2D eigenvalue weighted by Crippen LogP contribution is -2.33. The average molecular weight is 515 g/mol. The lowest BCUT2D eigenvalue weighted by molar-refractivity contribution is -0.137. The van der Waals surface area contributed by atoms with Crippen molar-refractivity contribution in [2.24, 2.45) is 5.73 Å². The summed E-state index contributed by atoms with van der Waals surface area (Å²) in [6.07, 6.45) is -1.85. The SMILES string of the molecule is NC(=O)c1c(-c2ccc(NS(=O)(=O)C3CCC3)cc2)n(-c2ccccc2)c2ncc(C(F)(F)F)cc12. The van der Waals surface area contributed by atoms with Gasteiger partial charge in [0.1, 0.15) is 5.65 Å². The van der Waals surface area contributed by atoms with E-state index in [0.29, 0.717) is 36.0 Å². The van der Waals surface area contributed by atoms with E-state index in [9.17, 15) is 26.4 Å². The molecule has 0 saturated heterocycles. The van der Waals surface area contributed by atoms with Crippen molar-refractivity contribution in [3.63, 3.8) is 0 Å². The van der Waals surface area contributed by atoms with Crippen molar-refractivity contribution in [3.8, 4) is 16.9 Å². The number of sulfonamides is 1. The number of primary amides is 1. The number of hydrogen-bond acceptors (Lipinski definition) is 4. The number of hydrogen-bond donors (Lipinski definition) is 2. The van der Waals surface area contributed by atoms with Crippen molar-refractivity contribution < 1.29 is 26.4 Å². The number of aromatic nitrogens is 2. The van der Waals surface area contributed by atoms with Gasteiger partial charge in [-0.25, -0.2) is 13.4 Å². The lowest BCUT2D eigenvalue weighted by atomic mass is 10.0. The molecule has 0 radical (unpaired) electrons. The number of pyridine rings is 1. The summed E-state index contributed by atoms with van der Waals surface area (Å²) >= 11 is 0. The van der Waals surface area contributed by atoms with Crippen LogP contribution in [0.15, 0.2) is 66.9 Å². The molecular formula is C25H21F3N4O3S. The molecule has 36 heavy (non-hydrogen) atoms. The van der Waals surface area contributed by atoms with Crippen LogP contribution in [-0.2, 0) is 16.2 Å². The van der Waals surface area contributed by atoms with Gasteiger partial charge in [-0.3, -0.25) is 14.1 Å². The van der Waals surface area contributed by atoms with E-state index in [1.807, 2.05) is 0 Å². The van der Waals surface area contributed by atoms with Gasteiger partial charge in [-0.1, -0.05) is 36.8 Å². The maximum atomic E-state index is 13.4. The Morgan fingerprint density at radius 3 is 2.28 bits per heavy atom. The molecule has 2 aromatic carbocycles. The van der Waals surface area contributed by atoms with E-state index in [2.05, 4.69) is 9.71 Å². The van der Waals surface area contributed by atoms with Crippen molar-refractivity contribution >= 4 is 32.7 Å². The first-order valence-corrected chi connectivity index (χ1v) is 12.7. The van der Waals surface area contributed by atoms with E-state index in [1.54, 1.807) is 47.0 Å². The molecule has 0 atom stereocenters. The molecule has 0 aliphatic heterocycles.